The van der Waals surface area contributed by atoms with Crippen molar-refractivity contribution in [3.05, 3.63) is 168 Å². The molecule has 0 aliphatic heterocycles. The van der Waals surface area contributed by atoms with Gasteiger partial charge < -0.3 is 19.6 Å². The van der Waals surface area contributed by atoms with Crippen molar-refractivity contribution in [2.75, 3.05) is 14.2 Å². The van der Waals surface area contributed by atoms with Gasteiger partial charge in [-0.05, 0) is 101 Å². The number of imidazole rings is 3. The lowest BCUT2D eigenvalue weighted by atomic mass is 10.2. The Hall–Kier alpha value is -6.14. The van der Waals surface area contributed by atoms with Crippen molar-refractivity contribution in [1.82, 2.24) is 29.1 Å². The van der Waals surface area contributed by atoms with Crippen LogP contribution < -0.4 is 9.47 Å². The molecule has 0 atom stereocenters. The van der Waals surface area contributed by atoms with E-state index >= 15 is 0 Å². The molecule has 0 unspecified atom stereocenters. The third kappa shape index (κ3) is 8.91. The minimum atomic E-state index is 0.260. The average molecular weight is 787 g/mol. The van der Waals surface area contributed by atoms with Crippen LogP contribution in [0.15, 0.2) is 165 Å². The minimum Gasteiger partial charge on any atom is -0.508 e. The predicted octanol–water partition coefficient (Wildman–Crippen LogP) is 9.63. The first-order valence-corrected chi connectivity index (χ1v) is 17.1. The second kappa shape index (κ2) is 17.0. The van der Waals surface area contributed by atoms with Crippen LogP contribution in [0.5, 0.6) is 17.2 Å². The van der Waals surface area contributed by atoms with Gasteiger partial charge in [0.1, 0.15) is 29.9 Å². The van der Waals surface area contributed by atoms with Crippen LogP contribution in [0.2, 0.25) is 0 Å². The molecule has 9 aromatic rings. The number of para-hydroxylation sites is 6. The lowest BCUT2D eigenvalue weighted by Gasteiger charge is -2.06. The number of H-pyrrole nitrogens is 1. The zero-order chi connectivity index (χ0) is 35.4. The molecule has 3 aromatic heterocycles. The molecule has 0 fully saturated rings. The largest absolute Gasteiger partial charge is 0.508 e. The molecular formula is C41H35IN6O3. The van der Waals surface area contributed by atoms with E-state index in [-0.39, 0.29) is 5.75 Å². The number of nitrogens with zero attached hydrogens (tertiary/aromatic N) is 5. The van der Waals surface area contributed by atoms with Gasteiger partial charge in [-0.1, -0.05) is 54.6 Å². The van der Waals surface area contributed by atoms with Crippen molar-refractivity contribution in [3.8, 4) is 28.6 Å². The van der Waals surface area contributed by atoms with Crippen LogP contribution >= 0.6 is 22.6 Å². The van der Waals surface area contributed by atoms with E-state index in [2.05, 4.69) is 53.2 Å². The number of hydrogen-bond acceptors (Lipinski definition) is 6. The highest BCUT2D eigenvalue weighted by atomic mass is 127. The molecule has 51 heavy (non-hydrogen) atoms. The van der Waals surface area contributed by atoms with E-state index in [0.717, 1.165) is 56.0 Å². The van der Waals surface area contributed by atoms with E-state index in [1.54, 1.807) is 39.0 Å². The first-order valence-electron chi connectivity index (χ1n) is 16.0. The topological polar surface area (TPSA) is 103 Å². The normalized spacial score (nSPS) is 10.3. The first kappa shape index (κ1) is 34.7. The number of hydrogen-bond donors (Lipinski definition) is 2. The highest BCUT2D eigenvalue weighted by molar-refractivity contribution is 14.1. The first-order chi connectivity index (χ1) is 25.0. The molecule has 0 aliphatic carbocycles. The maximum Gasteiger partial charge on any atom is 0.120 e. The van der Waals surface area contributed by atoms with Gasteiger partial charge in [0.2, 0.25) is 0 Å². The van der Waals surface area contributed by atoms with Crippen molar-refractivity contribution >= 4 is 55.7 Å². The van der Waals surface area contributed by atoms with Crippen molar-refractivity contribution in [3.63, 3.8) is 0 Å². The summed E-state index contributed by atoms with van der Waals surface area (Å²) in [5, 5.41) is 9.45. The van der Waals surface area contributed by atoms with Crippen LogP contribution in [0, 0.1) is 3.57 Å². The molecule has 0 saturated carbocycles. The maximum atomic E-state index is 9.45. The summed E-state index contributed by atoms with van der Waals surface area (Å²) in [5.74, 6) is 2.03. The number of aromatic amines is 1. The molecule has 0 amide bonds. The fourth-order valence-corrected chi connectivity index (χ4v) is 5.72. The van der Waals surface area contributed by atoms with Gasteiger partial charge in [0, 0.05) is 15.7 Å². The molecule has 10 heteroatoms. The summed E-state index contributed by atoms with van der Waals surface area (Å²) < 4.78 is 15.4. The third-order valence-corrected chi connectivity index (χ3v) is 8.38. The van der Waals surface area contributed by atoms with Crippen molar-refractivity contribution in [2.45, 2.75) is 0 Å². The number of phenolic OH excluding ortho intramolecular Hbond substituents is 1. The lowest BCUT2D eigenvalue weighted by molar-refractivity contribution is 0.414. The summed E-state index contributed by atoms with van der Waals surface area (Å²) in [6.07, 6.45) is 5.30. The van der Waals surface area contributed by atoms with E-state index < -0.39 is 0 Å². The number of phenols is 1. The molecule has 2 N–H and O–H groups in total. The smallest absolute Gasteiger partial charge is 0.120 e. The molecule has 0 saturated heterocycles. The number of benzene rings is 6. The van der Waals surface area contributed by atoms with Gasteiger partial charge in [-0.3, -0.25) is 9.13 Å². The van der Waals surface area contributed by atoms with E-state index in [9.17, 15) is 5.11 Å². The number of fused-ring (bicyclic) bond motifs is 3. The average Bonchev–Trinajstić information content (AvgIpc) is 3.94. The Labute approximate surface area is 308 Å². The summed E-state index contributed by atoms with van der Waals surface area (Å²) >= 11 is 2.25. The number of halogens is 1. The molecule has 9 rings (SSSR count). The molecule has 0 radical (unpaired) electrons. The molecule has 254 valence electrons. The van der Waals surface area contributed by atoms with E-state index in [0.29, 0.717) is 0 Å². The van der Waals surface area contributed by atoms with Crippen molar-refractivity contribution in [1.29, 1.82) is 0 Å². The summed E-state index contributed by atoms with van der Waals surface area (Å²) in [6.45, 7) is 0. The number of aromatic nitrogens is 6. The van der Waals surface area contributed by atoms with Gasteiger partial charge >= 0.3 is 0 Å². The Morgan fingerprint density at radius 1 is 0.549 bits per heavy atom. The number of methoxy groups -OCH3 is 2. The SMILES string of the molecule is COc1cccc(-n2cnc3ccccc32)c1.COc1cccc(I)c1.Oc1cccc(-n2cnc3ccccc32)c1.c1ccc2[nH]cnc2c1. The molecule has 0 spiro atoms. The lowest BCUT2D eigenvalue weighted by Crippen LogP contribution is -1.92. The summed E-state index contributed by atoms with van der Waals surface area (Å²) in [4.78, 5) is 15.8. The van der Waals surface area contributed by atoms with E-state index in [1.165, 1.54) is 3.57 Å². The summed E-state index contributed by atoms with van der Waals surface area (Å²) in [7, 11) is 3.34. The minimum absolute atomic E-state index is 0.260. The molecule has 9 nitrogen and oxygen atoms in total. The van der Waals surface area contributed by atoms with Gasteiger partial charge in [0.25, 0.3) is 0 Å². The molecule has 6 aromatic carbocycles. The third-order valence-electron chi connectivity index (χ3n) is 7.71. The molecule has 0 aliphatic rings. The molecular weight excluding hydrogens is 751 g/mol. The number of rotatable bonds is 4. The van der Waals surface area contributed by atoms with E-state index in [1.807, 2.05) is 138 Å². The van der Waals surface area contributed by atoms with Crippen LogP contribution in [0.4, 0.5) is 0 Å². The quantitative estimate of drug-likeness (QED) is 0.172. The Balaban J connectivity index is 0.000000122. The van der Waals surface area contributed by atoms with Crippen LogP contribution in [0.25, 0.3) is 44.5 Å². The maximum absolute atomic E-state index is 9.45. The Kier molecular flexibility index (Phi) is 11.6. The van der Waals surface area contributed by atoms with Crippen LogP contribution in [-0.2, 0) is 0 Å². The highest BCUT2D eigenvalue weighted by Crippen LogP contribution is 2.22. The van der Waals surface area contributed by atoms with Crippen molar-refractivity contribution in [2.24, 2.45) is 0 Å². The predicted molar refractivity (Wildman–Crippen MR) is 212 cm³/mol. The van der Waals surface area contributed by atoms with Gasteiger partial charge in [0.15, 0.2) is 0 Å². The standard InChI is InChI=1S/C14H12N2O.C13H10N2O.C7H7IO.C7H6N2/c1-17-12-6-4-5-11(9-12)16-10-15-13-7-2-3-8-14(13)16;16-11-5-3-4-10(8-11)15-9-14-12-6-1-2-7-13(12)15;1-9-7-4-2-3-6(8)5-7;1-2-4-7-6(3-1)8-5-9-7/h2-10H,1H3;1-9,16H;2-5H,1H3;1-5H,(H,8,9). The van der Waals surface area contributed by atoms with Gasteiger partial charge in [0.05, 0.1) is 65.0 Å². The molecule has 0 bridgehead atoms. The second-order valence-electron chi connectivity index (χ2n) is 11.0. The van der Waals surface area contributed by atoms with Crippen molar-refractivity contribution < 1.29 is 14.6 Å². The zero-order valence-electron chi connectivity index (χ0n) is 28.0. The van der Waals surface area contributed by atoms with Gasteiger partial charge in [-0.2, -0.15) is 0 Å². The van der Waals surface area contributed by atoms with Gasteiger partial charge in [-0.15, -0.1) is 0 Å². The Morgan fingerprint density at radius 2 is 1.08 bits per heavy atom. The van der Waals surface area contributed by atoms with E-state index in [4.69, 9.17) is 9.47 Å². The Bertz CT molecular complexity index is 2440. The Morgan fingerprint density at radius 3 is 1.65 bits per heavy atom. The van der Waals surface area contributed by atoms with Crippen LogP contribution in [0.1, 0.15) is 0 Å². The zero-order valence-corrected chi connectivity index (χ0v) is 30.1. The monoisotopic (exact) mass is 786 g/mol. The summed E-state index contributed by atoms with van der Waals surface area (Å²) in [5.41, 5.74) is 8.16. The number of nitrogens with one attached hydrogen (secondary N) is 1. The number of aromatic hydroxyl groups is 1. The summed E-state index contributed by atoms with van der Waals surface area (Å²) in [6, 6.07) is 46.9. The van der Waals surface area contributed by atoms with Gasteiger partial charge in [-0.25, -0.2) is 15.0 Å². The fourth-order valence-electron chi connectivity index (χ4n) is 5.21. The highest BCUT2D eigenvalue weighted by Gasteiger charge is 2.05. The molecule has 3 heterocycles. The fraction of sp³-hybridized carbons (Fsp3) is 0.0488. The second-order valence-corrected chi connectivity index (χ2v) is 12.3. The van der Waals surface area contributed by atoms with Crippen LogP contribution in [0.3, 0.4) is 0 Å². The van der Waals surface area contributed by atoms with Crippen LogP contribution in [-0.4, -0.2) is 48.4 Å². The number of ether oxygens (including phenoxy) is 2.